The summed E-state index contributed by atoms with van der Waals surface area (Å²) in [5.41, 5.74) is 3.47. The van der Waals surface area contributed by atoms with E-state index in [4.69, 9.17) is 4.74 Å². The number of rotatable bonds is 3. The third-order valence-electron chi connectivity index (χ3n) is 2.93. The Balaban J connectivity index is 2.14. The molecule has 0 fully saturated rings. The highest BCUT2D eigenvalue weighted by molar-refractivity contribution is 5.44. The van der Waals surface area contributed by atoms with Gasteiger partial charge in [0.1, 0.15) is 12.4 Å². The third kappa shape index (κ3) is 2.27. The van der Waals surface area contributed by atoms with Gasteiger partial charge in [-0.1, -0.05) is 17.7 Å². The zero-order valence-corrected chi connectivity index (χ0v) is 9.86. The van der Waals surface area contributed by atoms with Crippen LogP contribution in [-0.2, 0) is 6.42 Å². The van der Waals surface area contributed by atoms with Gasteiger partial charge in [0.05, 0.1) is 6.10 Å². The summed E-state index contributed by atoms with van der Waals surface area (Å²) in [6.45, 7) is 4.72. The van der Waals surface area contributed by atoms with E-state index in [9.17, 15) is 5.11 Å². The molecule has 1 aliphatic carbocycles. The van der Waals surface area contributed by atoms with Gasteiger partial charge in [0, 0.05) is 5.56 Å². The summed E-state index contributed by atoms with van der Waals surface area (Å²) < 4.78 is 5.72. The predicted molar refractivity (Wildman–Crippen MR) is 64.6 cm³/mol. The zero-order valence-electron chi connectivity index (χ0n) is 9.86. The summed E-state index contributed by atoms with van der Waals surface area (Å²) >= 11 is 0. The molecule has 1 N–H and O–H groups in total. The van der Waals surface area contributed by atoms with Crippen molar-refractivity contribution in [2.24, 2.45) is 0 Å². The largest absolute Gasteiger partial charge is 0.489 e. The van der Waals surface area contributed by atoms with Crippen LogP contribution >= 0.6 is 0 Å². The molecule has 0 heterocycles. The smallest absolute Gasteiger partial charge is 0.123 e. The highest BCUT2D eigenvalue weighted by Crippen LogP contribution is 2.36. The highest BCUT2D eigenvalue weighted by Gasteiger charge is 2.22. The van der Waals surface area contributed by atoms with Crippen LogP contribution in [0.25, 0.3) is 0 Å². The van der Waals surface area contributed by atoms with Crippen molar-refractivity contribution in [3.63, 3.8) is 0 Å². The first-order valence-electron chi connectivity index (χ1n) is 5.74. The second kappa shape index (κ2) is 4.71. The molecule has 0 spiro atoms. The minimum absolute atomic E-state index is 0.304. The Morgan fingerprint density at radius 2 is 2.31 bits per heavy atom. The van der Waals surface area contributed by atoms with Gasteiger partial charge in [-0.2, -0.15) is 0 Å². The van der Waals surface area contributed by atoms with Gasteiger partial charge in [-0.15, -0.1) is 0 Å². The fourth-order valence-electron chi connectivity index (χ4n) is 2.03. The van der Waals surface area contributed by atoms with Crippen molar-refractivity contribution < 1.29 is 9.84 Å². The molecule has 1 unspecified atom stereocenters. The predicted octanol–water partition coefficient (Wildman–Crippen LogP) is 3.01. The van der Waals surface area contributed by atoms with Crippen molar-refractivity contribution in [1.82, 2.24) is 0 Å². The van der Waals surface area contributed by atoms with Gasteiger partial charge < -0.3 is 9.84 Å². The SMILES string of the molecule is CC(C)=CCOc1cccc2c1CCC2O. The van der Waals surface area contributed by atoms with Gasteiger partial charge in [-0.05, 0) is 44.4 Å². The summed E-state index contributed by atoms with van der Waals surface area (Å²) in [5.74, 6) is 0.923. The lowest BCUT2D eigenvalue weighted by Crippen LogP contribution is -1.98. The van der Waals surface area contributed by atoms with Gasteiger partial charge in [0.25, 0.3) is 0 Å². The van der Waals surface area contributed by atoms with Crippen LogP contribution in [0.4, 0.5) is 0 Å². The summed E-state index contributed by atoms with van der Waals surface area (Å²) in [6, 6.07) is 5.92. The molecule has 0 aliphatic heterocycles. The third-order valence-corrected chi connectivity index (χ3v) is 2.93. The maximum Gasteiger partial charge on any atom is 0.123 e. The van der Waals surface area contributed by atoms with Crippen molar-refractivity contribution in [2.45, 2.75) is 32.8 Å². The van der Waals surface area contributed by atoms with E-state index in [-0.39, 0.29) is 6.10 Å². The topological polar surface area (TPSA) is 29.5 Å². The van der Waals surface area contributed by atoms with Crippen molar-refractivity contribution in [3.05, 3.63) is 41.0 Å². The second-order valence-electron chi connectivity index (χ2n) is 4.47. The molecule has 16 heavy (non-hydrogen) atoms. The monoisotopic (exact) mass is 218 g/mol. The van der Waals surface area contributed by atoms with Gasteiger partial charge in [0.2, 0.25) is 0 Å². The summed E-state index contributed by atoms with van der Waals surface area (Å²) in [4.78, 5) is 0. The van der Waals surface area contributed by atoms with Crippen molar-refractivity contribution >= 4 is 0 Å². The van der Waals surface area contributed by atoms with Crippen LogP contribution in [0.1, 0.15) is 37.5 Å². The summed E-state index contributed by atoms with van der Waals surface area (Å²) in [6.07, 6.45) is 3.49. The summed E-state index contributed by atoms with van der Waals surface area (Å²) in [7, 11) is 0. The maximum atomic E-state index is 9.75. The molecular weight excluding hydrogens is 200 g/mol. The first-order valence-corrected chi connectivity index (χ1v) is 5.74. The second-order valence-corrected chi connectivity index (χ2v) is 4.47. The van der Waals surface area contributed by atoms with E-state index < -0.39 is 0 Å². The first-order chi connectivity index (χ1) is 7.68. The number of benzene rings is 1. The van der Waals surface area contributed by atoms with E-state index in [1.54, 1.807) is 0 Å². The van der Waals surface area contributed by atoms with Crippen LogP contribution in [0.5, 0.6) is 5.75 Å². The number of aliphatic hydroxyl groups is 1. The lowest BCUT2D eigenvalue weighted by Gasteiger charge is -2.09. The lowest BCUT2D eigenvalue weighted by atomic mass is 10.1. The van der Waals surface area contributed by atoms with Gasteiger partial charge in [-0.3, -0.25) is 0 Å². The lowest BCUT2D eigenvalue weighted by molar-refractivity contribution is 0.180. The highest BCUT2D eigenvalue weighted by atomic mass is 16.5. The Labute approximate surface area is 96.6 Å². The molecule has 86 valence electrons. The molecule has 0 saturated heterocycles. The van der Waals surface area contributed by atoms with E-state index >= 15 is 0 Å². The first kappa shape index (κ1) is 11.2. The van der Waals surface area contributed by atoms with E-state index in [1.165, 1.54) is 11.1 Å². The molecule has 0 aromatic heterocycles. The van der Waals surface area contributed by atoms with Crippen LogP contribution in [0, 0.1) is 0 Å². The molecule has 1 aromatic carbocycles. The van der Waals surface area contributed by atoms with Crippen LogP contribution < -0.4 is 4.74 Å². The molecular formula is C14H18O2. The van der Waals surface area contributed by atoms with Crippen LogP contribution in [0.3, 0.4) is 0 Å². The molecule has 0 amide bonds. The van der Waals surface area contributed by atoms with Gasteiger partial charge >= 0.3 is 0 Å². The van der Waals surface area contributed by atoms with Gasteiger partial charge in [-0.25, -0.2) is 0 Å². The maximum absolute atomic E-state index is 9.75. The fourth-order valence-corrected chi connectivity index (χ4v) is 2.03. The fraction of sp³-hybridized carbons (Fsp3) is 0.429. The number of aliphatic hydroxyl groups excluding tert-OH is 1. The van der Waals surface area contributed by atoms with Crippen LogP contribution in [0.15, 0.2) is 29.8 Å². The van der Waals surface area contributed by atoms with Crippen LogP contribution in [0.2, 0.25) is 0 Å². The average Bonchev–Trinajstić information content (AvgIpc) is 2.61. The molecule has 0 bridgehead atoms. The number of ether oxygens (including phenoxy) is 1. The Kier molecular flexibility index (Phi) is 3.30. The Bertz CT molecular complexity index is 403. The molecule has 1 atom stereocenters. The van der Waals surface area contributed by atoms with E-state index in [0.717, 1.165) is 24.2 Å². The molecule has 2 nitrogen and oxygen atoms in total. The van der Waals surface area contributed by atoms with Crippen LogP contribution in [-0.4, -0.2) is 11.7 Å². The van der Waals surface area contributed by atoms with Crippen molar-refractivity contribution in [1.29, 1.82) is 0 Å². The normalized spacial score (nSPS) is 18.1. The Hall–Kier alpha value is -1.28. The molecule has 0 radical (unpaired) electrons. The molecule has 2 heteroatoms. The van der Waals surface area contributed by atoms with E-state index in [1.807, 2.05) is 18.2 Å². The van der Waals surface area contributed by atoms with E-state index in [2.05, 4.69) is 19.9 Å². The number of allylic oxidation sites excluding steroid dienone is 1. The van der Waals surface area contributed by atoms with Crippen molar-refractivity contribution in [3.8, 4) is 5.75 Å². The quantitative estimate of drug-likeness (QED) is 0.790. The standard InChI is InChI=1S/C14H18O2/c1-10(2)8-9-16-14-5-3-4-11-12(14)6-7-13(11)15/h3-5,8,13,15H,6-7,9H2,1-2H3. The minimum Gasteiger partial charge on any atom is -0.489 e. The number of hydrogen-bond acceptors (Lipinski definition) is 2. The summed E-state index contributed by atoms with van der Waals surface area (Å²) in [5, 5.41) is 9.75. The zero-order chi connectivity index (χ0) is 11.5. The molecule has 0 saturated carbocycles. The molecule has 1 aromatic rings. The number of fused-ring (bicyclic) bond motifs is 1. The Morgan fingerprint density at radius 1 is 1.50 bits per heavy atom. The molecule has 2 rings (SSSR count). The Morgan fingerprint density at radius 3 is 3.06 bits per heavy atom. The van der Waals surface area contributed by atoms with Gasteiger partial charge in [0.15, 0.2) is 0 Å². The average molecular weight is 218 g/mol. The number of hydrogen-bond donors (Lipinski definition) is 1. The van der Waals surface area contributed by atoms with Crippen molar-refractivity contribution in [2.75, 3.05) is 6.61 Å². The minimum atomic E-state index is -0.304. The van der Waals surface area contributed by atoms with E-state index in [0.29, 0.717) is 6.61 Å². The molecule has 1 aliphatic rings.